The SMILES string of the molecule is Cc1nc(Cl)cc(N(C)CCN2CCCC2)n1. The topological polar surface area (TPSA) is 32.3 Å². The third-order valence-electron chi connectivity index (χ3n) is 3.13. The lowest BCUT2D eigenvalue weighted by Gasteiger charge is -2.22. The van der Waals surface area contributed by atoms with Gasteiger partial charge in [0.2, 0.25) is 0 Å². The first-order chi connectivity index (χ1) is 8.15. The smallest absolute Gasteiger partial charge is 0.134 e. The van der Waals surface area contributed by atoms with Gasteiger partial charge in [0.05, 0.1) is 0 Å². The molecule has 2 rings (SSSR count). The van der Waals surface area contributed by atoms with Gasteiger partial charge in [-0.3, -0.25) is 0 Å². The third-order valence-corrected chi connectivity index (χ3v) is 3.33. The van der Waals surface area contributed by atoms with Crippen LogP contribution in [0.2, 0.25) is 5.15 Å². The second-order valence-electron chi connectivity index (χ2n) is 4.57. The van der Waals surface area contributed by atoms with Crippen LogP contribution >= 0.6 is 11.6 Å². The minimum Gasteiger partial charge on any atom is -0.358 e. The average Bonchev–Trinajstić information content (AvgIpc) is 2.77. The van der Waals surface area contributed by atoms with E-state index >= 15 is 0 Å². The van der Waals surface area contributed by atoms with Gasteiger partial charge in [-0.2, -0.15) is 0 Å². The Kier molecular flexibility index (Phi) is 4.18. The van der Waals surface area contributed by atoms with E-state index < -0.39 is 0 Å². The molecule has 1 aliphatic heterocycles. The lowest BCUT2D eigenvalue weighted by Crippen LogP contribution is -2.31. The van der Waals surface area contributed by atoms with Gasteiger partial charge in [0.25, 0.3) is 0 Å². The highest BCUT2D eigenvalue weighted by Crippen LogP contribution is 2.15. The highest BCUT2D eigenvalue weighted by molar-refractivity contribution is 6.29. The van der Waals surface area contributed by atoms with Crippen LogP contribution in [0.5, 0.6) is 0 Å². The molecule has 94 valence electrons. The van der Waals surface area contributed by atoms with E-state index in [0.29, 0.717) is 5.15 Å². The minimum atomic E-state index is 0.514. The Bertz CT molecular complexity index is 357. The van der Waals surface area contributed by atoms with Gasteiger partial charge in [0, 0.05) is 26.2 Å². The molecule has 0 saturated carbocycles. The molecule has 1 aromatic rings. The van der Waals surface area contributed by atoms with Gasteiger partial charge in [-0.15, -0.1) is 0 Å². The van der Waals surface area contributed by atoms with Gasteiger partial charge >= 0.3 is 0 Å². The number of aryl methyl sites for hydroxylation is 1. The molecule has 1 aromatic heterocycles. The number of likely N-dealkylation sites (tertiary alicyclic amines) is 1. The zero-order valence-corrected chi connectivity index (χ0v) is 11.2. The number of anilines is 1. The second-order valence-corrected chi connectivity index (χ2v) is 4.95. The highest BCUT2D eigenvalue weighted by atomic mass is 35.5. The number of rotatable bonds is 4. The van der Waals surface area contributed by atoms with E-state index in [2.05, 4.69) is 19.8 Å². The van der Waals surface area contributed by atoms with Crippen molar-refractivity contribution < 1.29 is 0 Å². The summed E-state index contributed by atoms with van der Waals surface area (Å²) in [6.07, 6.45) is 2.67. The van der Waals surface area contributed by atoms with Gasteiger partial charge in [0.1, 0.15) is 16.8 Å². The van der Waals surface area contributed by atoms with Crippen molar-refractivity contribution in [2.45, 2.75) is 19.8 Å². The van der Waals surface area contributed by atoms with Crippen LogP contribution in [0.3, 0.4) is 0 Å². The van der Waals surface area contributed by atoms with Gasteiger partial charge < -0.3 is 9.80 Å². The summed E-state index contributed by atoms with van der Waals surface area (Å²) in [6, 6.07) is 1.82. The summed E-state index contributed by atoms with van der Waals surface area (Å²) in [5.41, 5.74) is 0. The van der Waals surface area contributed by atoms with Crippen molar-refractivity contribution in [2.75, 3.05) is 38.1 Å². The molecule has 0 amide bonds. The van der Waals surface area contributed by atoms with Crippen LogP contribution in [0.1, 0.15) is 18.7 Å². The largest absolute Gasteiger partial charge is 0.358 e. The lowest BCUT2D eigenvalue weighted by molar-refractivity contribution is 0.346. The Morgan fingerprint density at radius 1 is 1.35 bits per heavy atom. The molecule has 17 heavy (non-hydrogen) atoms. The Hall–Kier alpha value is -0.870. The predicted octanol–water partition coefficient (Wildman–Crippen LogP) is 1.97. The van der Waals surface area contributed by atoms with Crippen molar-refractivity contribution in [3.63, 3.8) is 0 Å². The highest BCUT2D eigenvalue weighted by Gasteiger charge is 2.12. The molecule has 0 bridgehead atoms. The summed E-state index contributed by atoms with van der Waals surface area (Å²) in [4.78, 5) is 13.1. The maximum Gasteiger partial charge on any atom is 0.134 e. The lowest BCUT2D eigenvalue weighted by atomic mass is 10.4. The van der Waals surface area contributed by atoms with Crippen molar-refractivity contribution in [1.82, 2.24) is 14.9 Å². The summed E-state index contributed by atoms with van der Waals surface area (Å²) in [6.45, 7) is 6.41. The second kappa shape index (κ2) is 5.65. The molecule has 5 heteroatoms. The number of hydrogen-bond acceptors (Lipinski definition) is 4. The molecule has 1 saturated heterocycles. The number of likely N-dealkylation sites (N-methyl/N-ethyl adjacent to an activating group) is 1. The summed E-state index contributed by atoms with van der Waals surface area (Å²) >= 11 is 5.93. The van der Waals surface area contributed by atoms with Crippen LogP contribution in [0.4, 0.5) is 5.82 Å². The van der Waals surface area contributed by atoms with Gasteiger partial charge in [-0.25, -0.2) is 9.97 Å². The molecular formula is C12H19ClN4. The van der Waals surface area contributed by atoms with Gasteiger partial charge in [-0.05, 0) is 32.9 Å². The Morgan fingerprint density at radius 2 is 2.06 bits per heavy atom. The maximum absolute atomic E-state index is 5.93. The standard InChI is InChI=1S/C12H19ClN4/c1-10-14-11(13)9-12(15-10)16(2)7-8-17-5-3-4-6-17/h9H,3-8H2,1-2H3. The molecule has 0 aromatic carbocycles. The fraction of sp³-hybridized carbons (Fsp3) is 0.667. The van der Waals surface area contributed by atoms with Gasteiger partial charge in [-0.1, -0.05) is 11.6 Å². The van der Waals surface area contributed by atoms with Crippen LogP contribution in [0.25, 0.3) is 0 Å². The normalized spacial score (nSPS) is 16.4. The summed E-state index contributed by atoms with van der Waals surface area (Å²) in [5, 5.41) is 0.514. The van der Waals surface area contributed by atoms with Crippen LogP contribution in [0, 0.1) is 6.92 Å². The van der Waals surface area contributed by atoms with Crippen LogP contribution in [-0.4, -0.2) is 48.1 Å². The van der Waals surface area contributed by atoms with Crippen molar-refractivity contribution in [2.24, 2.45) is 0 Å². The van der Waals surface area contributed by atoms with Crippen LogP contribution in [0.15, 0.2) is 6.07 Å². The Balaban J connectivity index is 1.91. The average molecular weight is 255 g/mol. The molecule has 1 aliphatic rings. The quantitative estimate of drug-likeness (QED) is 0.769. The summed E-state index contributed by atoms with van der Waals surface area (Å²) in [5.74, 6) is 1.63. The molecule has 0 atom stereocenters. The zero-order chi connectivity index (χ0) is 12.3. The fourth-order valence-electron chi connectivity index (χ4n) is 2.12. The molecule has 0 aliphatic carbocycles. The first kappa shape index (κ1) is 12.6. The zero-order valence-electron chi connectivity index (χ0n) is 10.5. The van der Waals surface area contributed by atoms with Crippen molar-refractivity contribution in [3.8, 4) is 0 Å². The van der Waals surface area contributed by atoms with E-state index in [1.165, 1.54) is 25.9 Å². The molecule has 0 unspecified atom stereocenters. The molecule has 0 spiro atoms. The number of halogens is 1. The minimum absolute atomic E-state index is 0.514. The van der Waals surface area contributed by atoms with Gasteiger partial charge in [0.15, 0.2) is 0 Å². The van der Waals surface area contributed by atoms with E-state index in [9.17, 15) is 0 Å². The van der Waals surface area contributed by atoms with E-state index in [1.807, 2.05) is 20.0 Å². The van der Waals surface area contributed by atoms with E-state index in [4.69, 9.17) is 11.6 Å². The fourth-order valence-corrected chi connectivity index (χ4v) is 2.34. The monoisotopic (exact) mass is 254 g/mol. The summed E-state index contributed by atoms with van der Waals surface area (Å²) < 4.78 is 0. The Morgan fingerprint density at radius 3 is 2.71 bits per heavy atom. The van der Waals surface area contributed by atoms with E-state index in [-0.39, 0.29) is 0 Å². The molecule has 0 radical (unpaired) electrons. The number of hydrogen-bond donors (Lipinski definition) is 0. The molecule has 1 fully saturated rings. The van der Waals surface area contributed by atoms with Crippen molar-refractivity contribution in [1.29, 1.82) is 0 Å². The van der Waals surface area contributed by atoms with Crippen LogP contribution < -0.4 is 4.90 Å². The predicted molar refractivity (Wildman–Crippen MR) is 70.7 cm³/mol. The van der Waals surface area contributed by atoms with Crippen molar-refractivity contribution in [3.05, 3.63) is 17.0 Å². The maximum atomic E-state index is 5.93. The molecule has 4 nitrogen and oxygen atoms in total. The number of aromatic nitrogens is 2. The van der Waals surface area contributed by atoms with Crippen molar-refractivity contribution >= 4 is 17.4 Å². The van der Waals surface area contributed by atoms with E-state index in [0.717, 1.165) is 24.7 Å². The van der Waals surface area contributed by atoms with Crippen LogP contribution in [-0.2, 0) is 0 Å². The Labute approximate surface area is 108 Å². The molecular weight excluding hydrogens is 236 g/mol. The first-order valence-electron chi connectivity index (χ1n) is 6.10. The molecule has 0 N–H and O–H groups in total. The van der Waals surface area contributed by atoms with E-state index in [1.54, 1.807) is 0 Å². The first-order valence-corrected chi connectivity index (χ1v) is 6.47. The molecule has 2 heterocycles. The number of nitrogens with zero attached hydrogens (tertiary/aromatic N) is 4. The summed E-state index contributed by atoms with van der Waals surface area (Å²) in [7, 11) is 2.05. The third kappa shape index (κ3) is 3.54.